The summed E-state index contributed by atoms with van der Waals surface area (Å²) in [4.78, 5) is -0.0730. The highest BCUT2D eigenvalue weighted by molar-refractivity contribution is 7.89. The first-order valence-electron chi connectivity index (χ1n) is 4.81. The van der Waals surface area contributed by atoms with Gasteiger partial charge in [-0.05, 0) is 24.6 Å². The van der Waals surface area contributed by atoms with Gasteiger partial charge in [-0.15, -0.1) is 0 Å². The fraction of sp³-hybridized carbons (Fsp3) is 0.300. The predicted octanol–water partition coefficient (Wildman–Crippen LogP) is 0.872. The summed E-state index contributed by atoms with van der Waals surface area (Å²) in [5.41, 5.74) is 0.296. The quantitative estimate of drug-likeness (QED) is 0.780. The fourth-order valence-corrected chi connectivity index (χ4v) is 2.77. The molecule has 7 heteroatoms. The summed E-state index contributed by atoms with van der Waals surface area (Å²) < 4.78 is 25.8. The van der Waals surface area contributed by atoms with Crippen LogP contribution in [0.25, 0.3) is 0 Å². The third-order valence-corrected chi connectivity index (χ3v) is 3.92. The van der Waals surface area contributed by atoms with E-state index in [0.717, 1.165) is 0 Å². The molecule has 0 unspecified atom stereocenters. The van der Waals surface area contributed by atoms with Crippen LogP contribution in [0.1, 0.15) is 12.0 Å². The molecule has 0 heterocycles. The summed E-state index contributed by atoms with van der Waals surface area (Å²) in [5, 5.41) is 17.2. The van der Waals surface area contributed by atoms with Crippen molar-refractivity contribution in [1.82, 2.24) is 4.72 Å². The van der Waals surface area contributed by atoms with Gasteiger partial charge in [-0.25, -0.2) is 13.1 Å². The zero-order chi connectivity index (χ0) is 12.9. The van der Waals surface area contributed by atoms with Gasteiger partial charge >= 0.3 is 0 Å². The Morgan fingerprint density at radius 3 is 2.71 bits per heavy atom. The Morgan fingerprint density at radius 2 is 2.18 bits per heavy atom. The molecule has 2 N–H and O–H groups in total. The Balaban J connectivity index is 2.96. The van der Waals surface area contributed by atoms with Crippen molar-refractivity contribution in [3.05, 3.63) is 28.8 Å². The highest BCUT2D eigenvalue weighted by Gasteiger charge is 2.17. The van der Waals surface area contributed by atoms with E-state index in [1.54, 1.807) is 0 Å². The van der Waals surface area contributed by atoms with Crippen molar-refractivity contribution >= 4 is 21.6 Å². The van der Waals surface area contributed by atoms with Gasteiger partial charge in [0.2, 0.25) is 10.0 Å². The number of hydrogen-bond donors (Lipinski definition) is 2. The lowest BCUT2D eigenvalue weighted by Crippen LogP contribution is -2.25. The second kappa shape index (κ2) is 5.98. The standard InChI is InChI=1S/C10H11ClN2O3S/c11-9-6-8(7-12)2-3-10(9)17(15,16)13-4-1-5-14/h2-3,6,13-14H,1,4-5H2. The second-order valence-corrected chi connectivity index (χ2v) is 5.37. The Bertz CT molecular complexity index is 537. The molecule has 0 saturated carbocycles. The molecular weight excluding hydrogens is 264 g/mol. The van der Waals surface area contributed by atoms with Crippen LogP contribution in [-0.4, -0.2) is 26.7 Å². The number of aliphatic hydroxyl groups excluding tert-OH is 1. The van der Waals surface area contributed by atoms with Gasteiger partial charge in [0.25, 0.3) is 0 Å². The first-order valence-corrected chi connectivity index (χ1v) is 6.67. The van der Waals surface area contributed by atoms with Crippen molar-refractivity contribution in [2.45, 2.75) is 11.3 Å². The third-order valence-electron chi connectivity index (χ3n) is 1.98. The molecule has 0 aromatic heterocycles. The summed E-state index contributed by atoms with van der Waals surface area (Å²) >= 11 is 5.79. The summed E-state index contributed by atoms with van der Waals surface area (Å²) in [6.45, 7) is 0.0405. The van der Waals surface area contributed by atoms with E-state index in [0.29, 0.717) is 12.0 Å². The molecule has 5 nitrogen and oxygen atoms in total. The zero-order valence-electron chi connectivity index (χ0n) is 8.85. The maximum absolute atomic E-state index is 11.8. The average Bonchev–Trinajstić information content (AvgIpc) is 2.28. The minimum absolute atomic E-state index is 0.000508. The van der Waals surface area contributed by atoms with Crippen molar-refractivity contribution in [2.24, 2.45) is 0 Å². The molecule has 0 radical (unpaired) electrons. The monoisotopic (exact) mass is 274 g/mol. The molecule has 0 bridgehead atoms. The van der Waals surface area contributed by atoms with Gasteiger partial charge in [-0.2, -0.15) is 5.26 Å². The molecule has 0 saturated heterocycles. The molecule has 0 spiro atoms. The second-order valence-electron chi connectivity index (χ2n) is 3.23. The zero-order valence-corrected chi connectivity index (χ0v) is 10.4. The summed E-state index contributed by atoms with van der Waals surface area (Å²) in [6, 6.07) is 5.82. The van der Waals surface area contributed by atoms with Crippen LogP contribution in [0, 0.1) is 11.3 Å². The minimum Gasteiger partial charge on any atom is -0.396 e. The molecule has 1 aromatic carbocycles. The predicted molar refractivity (Wildman–Crippen MR) is 63.1 cm³/mol. The van der Waals surface area contributed by atoms with Gasteiger partial charge in [-0.3, -0.25) is 0 Å². The molecule has 0 aliphatic carbocycles. The van der Waals surface area contributed by atoms with E-state index < -0.39 is 10.0 Å². The van der Waals surface area contributed by atoms with E-state index in [1.165, 1.54) is 18.2 Å². The van der Waals surface area contributed by atoms with Crippen molar-refractivity contribution in [3.63, 3.8) is 0 Å². The maximum Gasteiger partial charge on any atom is 0.242 e. The van der Waals surface area contributed by atoms with Crippen LogP contribution in [0.15, 0.2) is 23.1 Å². The molecule has 0 aliphatic rings. The Labute approximate surface area is 105 Å². The van der Waals surface area contributed by atoms with Gasteiger partial charge in [-0.1, -0.05) is 11.6 Å². The molecule has 0 aliphatic heterocycles. The van der Waals surface area contributed by atoms with E-state index in [-0.39, 0.29) is 23.1 Å². The van der Waals surface area contributed by atoms with E-state index in [4.69, 9.17) is 22.0 Å². The number of benzene rings is 1. The van der Waals surface area contributed by atoms with E-state index >= 15 is 0 Å². The van der Waals surface area contributed by atoms with E-state index in [2.05, 4.69) is 4.72 Å². The smallest absolute Gasteiger partial charge is 0.242 e. The molecule has 17 heavy (non-hydrogen) atoms. The molecule has 1 rings (SSSR count). The fourth-order valence-electron chi connectivity index (χ4n) is 1.15. The SMILES string of the molecule is N#Cc1ccc(S(=O)(=O)NCCCO)c(Cl)c1. The molecule has 1 aromatic rings. The Hall–Kier alpha value is -1.13. The summed E-state index contributed by atoms with van der Waals surface area (Å²) in [7, 11) is -3.69. The van der Waals surface area contributed by atoms with Crippen LogP contribution in [0.4, 0.5) is 0 Å². The number of nitrogens with zero attached hydrogens (tertiary/aromatic N) is 1. The number of nitriles is 1. The number of aliphatic hydroxyl groups is 1. The van der Waals surface area contributed by atoms with E-state index in [9.17, 15) is 8.42 Å². The van der Waals surface area contributed by atoms with E-state index in [1.807, 2.05) is 6.07 Å². The lowest BCUT2D eigenvalue weighted by atomic mass is 10.2. The molecular formula is C10H11ClN2O3S. The summed E-state index contributed by atoms with van der Waals surface area (Å²) in [6.07, 6.45) is 0.327. The normalized spacial score (nSPS) is 11.1. The molecule has 92 valence electrons. The minimum atomic E-state index is -3.69. The van der Waals surface area contributed by atoms with Crippen molar-refractivity contribution in [3.8, 4) is 6.07 Å². The number of rotatable bonds is 5. The summed E-state index contributed by atoms with van der Waals surface area (Å²) in [5.74, 6) is 0. The highest BCUT2D eigenvalue weighted by Crippen LogP contribution is 2.22. The first kappa shape index (κ1) is 13.9. The number of hydrogen-bond acceptors (Lipinski definition) is 4. The maximum atomic E-state index is 11.8. The van der Waals surface area contributed by atoms with Crippen LogP contribution < -0.4 is 4.72 Å². The van der Waals surface area contributed by atoms with Gasteiger partial charge in [0.05, 0.1) is 16.7 Å². The Morgan fingerprint density at radius 1 is 1.47 bits per heavy atom. The number of halogens is 1. The van der Waals surface area contributed by atoms with Crippen molar-refractivity contribution in [1.29, 1.82) is 5.26 Å². The lowest BCUT2D eigenvalue weighted by molar-refractivity contribution is 0.289. The largest absolute Gasteiger partial charge is 0.396 e. The van der Waals surface area contributed by atoms with Gasteiger partial charge in [0.1, 0.15) is 4.90 Å². The van der Waals surface area contributed by atoms with Crippen LogP contribution in [0.3, 0.4) is 0 Å². The topological polar surface area (TPSA) is 90.2 Å². The van der Waals surface area contributed by atoms with Crippen molar-refractivity contribution in [2.75, 3.05) is 13.2 Å². The van der Waals surface area contributed by atoms with Gasteiger partial charge in [0, 0.05) is 13.2 Å². The highest BCUT2D eigenvalue weighted by atomic mass is 35.5. The van der Waals surface area contributed by atoms with Crippen LogP contribution in [-0.2, 0) is 10.0 Å². The molecule has 0 atom stereocenters. The molecule has 0 fully saturated rings. The number of nitrogens with one attached hydrogen (secondary N) is 1. The average molecular weight is 275 g/mol. The van der Waals surface area contributed by atoms with Crippen molar-refractivity contribution < 1.29 is 13.5 Å². The van der Waals surface area contributed by atoms with Gasteiger partial charge < -0.3 is 5.11 Å². The first-order chi connectivity index (χ1) is 8.01. The van der Waals surface area contributed by atoms with Crippen LogP contribution in [0.5, 0.6) is 0 Å². The number of sulfonamides is 1. The van der Waals surface area contributed by atoms with Gasteiger partial charge in [0.15, 0.2) is 0 Å². The van der Waals surface area contributed by atoms with Crippen LogP contribution >= 0.6 is 11.6 Å². The molecule has 0 amide bonds. The lowest BCUT2D eigenvalue weighted by Gasteiger charge is -2.07. The third kappa shape index (κ3) is 3.68. The van der Waals surface area contributed by atoms with Crippen LogP contribution in [0.2, 0.25) is 5.02 Å². The Kier molecular flexibility index (Phi) is 4.90.